The number of allylic oxidation sites excluding steroid dienone is 2. The molecular formula is C20H34O6. The maximum absolute atomic E-state index is 10.5. The van der Waals surface area contributed by atoms with Gasteiger partial charge in [0.15, 0.2) is 0 Å². The number of carbonyl (C=O) groups is 1. The third-order valence-electron chi connectivity index (χ3n) is 4.93. The van der Waals surface area contributed by atoms with Crippen LogP contribution >= 0.6 is 0 Å². The molecule has 0 spiro atoms. The van der Waals surface area contributed by atoms with Crippen LogP contribution < -0.4 is 0 Å². The number of aliphatic hydroxyl groups is 4. The van der Waals surface area contributed by atoms with E-state index in [1.165, 1.54) is 0 Å². The first kappa shape index (κ1) is 22.8. The van der Waals surface area contributed by atoms with Crippen LogP contribution in [0.15, 0.2) is 24.3 Å². The molecule has 0 bridgehead atoms. The van der Waals surface area contributed by atoms with Gasteiger partial charge >= 0.3 is 5.97 Å². The Balaban J connectivity index is 2.46. The predicted octanol–water partition coefficient (Wildman–Crippen LogP) is 2.01. The monoisotopic (exact) mass is 370 g/mol. The van der Waals surface area contributed by atoms with E-state index in [2.05, 4.69) is 0 Å². The summed E-state index contributed by atoms with van der Waals surface area (Å²) in [7, 11) is 0. The molecule has 26 heavy (non-hydrogen) atoms. The van der Waals surface area contributed by atoms with Crippen LogP contribution in [0.2, 0.25) is 0 Å². The summed E-state index contributed by atoms with van der Waals surface area (Å²) in [4.78, 5) is 10.5. The molecule has 5 N–H and O–H groups in total. The minimum absolute atomic E-state index is 0.110. The number of aliphatic hydroxyl groups excluding tert-OH is 4. The van der Waals surface area contributed by atoms with Crippen molar-refractivity contribution in [1.29, 1.82) is 0 Å². The highest BCUT2D eigenvalue weighted by Gasteiger charge is 2.39. The van der Waals surface area contributed by atoms with Crippen molar-refractivity contribution in [3.05, 3.63) is 24.3 Å². The molecule has 1 aliphatic carbocycles. The van der Waals surface area contributed by atoms with Gasteiger partial charge in [-0.2, -0.15) is 0 Å². The van der Waals surface area contributed by atoms with Crippen LogP contribution in [0.3, 0.4) is 0 Å². The summed E-state index contributed by atoms with van der Waals surface area (Å²) in [6.45, 7) is 1.72. The Morgan fingerprint density at radius 3 is 2.50 bits per heavy atom. The molecule has 1 saturated carbocycles. The second kappa shape index (κ2) is 12.2. The standard InChI is InChI=1S/C20H34O6/c1-14(21)7-6-8-15(22)11-12-17-16(18(23)13-19(17)24)9-4-2-3-5-10-20(25)26/h2,4,11-12,14-19,21-24H,3,5-10,13H2,1H3,(H,25,26)/b4-2+,12-11-/t14-,15+,16-,17-,18+,19-/m1/s1. The third kappa shape index (κ3) is 8.94. The molecule has 6 heteroatoms. The van der Waals surface area contributed by atoms with Gasteiger partial charge in [-0.15, -0.1) is 0 Å². The van der Waals surface area contributed by atoms with E-state index < -0.39 is 24.3 Å². The second-order valence-corrected chi connectivity index (χ2v) is 7.34. The molecule has 0 radical (unpaired) electrons. The van der Waals surface area contributed by atoms with E-state index >= 15 is 0 Å². The molecule has 0 aromatic carbocycles. The molecule has 0 heterocycles. The van der Waals surface area contributed by atoms with Crippen molar-refractivity contribution in [2.45, 2.75) is 82.7 Å². The van der Waals surface area contributed by atoms with Crippen LogP contribution in [0.25, 0.3) is 0 Å². The highest BCUT2D eigenvalue weighted by atomic mass is 16.4. The molecule has 1 fully saturated rings. The zero-order chi connectivity index (χ0) is 19.5. The number of hydrogen-bond donors (Lipinski definition) is 5. The van der Waals surface area contributed by atoms with Gasteiger partial charge in [0.2, 0.25) is 0 Å². The van der Waals surface area contributed by atoms with Gasteiger partial charge in [0.1, 0.15) is 0 Å². The molecule has 0 aliphatic heterocycles. The van der Waals surface area contributed by atoms with Crippen LogP contribution in [-0.4, -0.2) is 55.9 Å². The lowest BCUT2D eigenvalue weighted by molar-refractivity contribution is -0.137. The molecular weight excluding hydrogens is 336 g/mol. The fourth-order valence-electron chi connectivity index (χ4n) is 3.42. The summed E-state index contributed by atoms with van der Waals surface area (Å²) in [6.07, 6.45) is 9.41. The fraction of sp³-hybridized carbons (Fsp3) is 0.750. The van der Waals surface area contributed by atoms with Gasteiger partial charge in [0.05, 0.1) is 24.4 Å². The predicted molar refractivity (Wildman–Crippen MR) is 99.5 cm³/mol. The number of carboxylic acids is 1. The molecule has 0 amide bonds. The van der Waals surface area contributed by atoms with Gasteiger partial charge in [0, 0.05) is 18.8 Å². The van der Waals surface area contributed by atoms with Crippen LogP contribution in [0, 0.1) is 11.8 Å². The SMILES string of the molecule is C[C@@H](O)CCC[C@H](O)/C=C\[C@@H]1[C@@H](C/C=C/CCCC(=O)O)[C@@H](O)C[C@H]1O. The number of rotatable bonds is 12. The largest absolute Gasteiger partial charge is 0.481 e. The molecule has 0 aromatic rings. The number of aliphatic carboxylic acids is 1. The van der Waals surface area contributed by atoms with Crippen LogP contribution in [0.4, 0.5) is 0 Å². The molecule has 6 atom stereocenters. The van der Waals surface area contributed by atoms with Crippen molar-refractivity contribution in [2.24, 2.45) is 11.8 Å². The van der Waals surface area contributed by atoms with Crippen molar-refractivity contribution in [1.82, 2.24) is 0 Å². The Morgan fingerprint density at radius 2 is 1.85 bits per heavy atom. The highest BCUT2D eigenvalue weighted by Crippen LogP contribution is 2.36. The Bertz CT molecular complexity index is 459. The van der Waals surface area contributed by atoms with Gasteiger partial charge in [-0.25, -0.2) is 0 Å². The first-order valence-corrected chi connectivity index (χ1v) is 9.58. The fourth-order valence-corrected chi connectivity index (χ4v) is 3.42. The van der Waals surface area contributed by atoms with E-state index in [-0.39, 0.29) is 24.4 Å². The lowest BCUT2D eigenvalue weighted by atomic mass is 9.89. The van der Waals surface area contributed by atoms with Gasteiger partial charge < -0.3 is 25.5 Å². The molecule has 0 aromatic heterocycles. The maximum atomic E-state index is 10.5. The zero-order valence-electron chi connectivity index (χ0n) is 15.6. The lowest BCUT2D eigenvalue weighted by Crippen LogP contribution is -2.20. The summed E-state index contributed by atoms with van der Waals surface area (Å²) in [6, 6.07) is 0. The Hall–Kier alpha value is -1.21. The summed E-state index contributed by atoms with van der Waals surface area (Å²) in [5.41, 5.74) is 0. The molecule has 0 saturated heterocycles. The van der Waals surface area contributed by atoms with E-state index in [0.29, 0.717) is 38.5 Å². The summed E-state index contributed by atoms with van der Waals surface area (Å²) < 4.78 is 0. The topological polar surface area (TPSA) is 118 Å². The third-order valence-corrected chi connectivity index (χ3v) is 4.93. The van der Waals surface area contributed by atoms with Crippen molar-refractivity contribution in [3.63, 3.8) is 0 Å². The minimum Gasteiger partial charge on any atom is -0.481 e. The minimum atomic E-state index is -0.801. The number of unbranched alkanes of at least 4 members (excludes halogenated alkanes) is 1. The highest BCUT2D eigenvalue weighted by molar-refractivity contribution is 5.66. The Morgan fingerprint density at radius 1 is 1.12 bits per heavy atom. The first-order chi connectivity index (χ1) is 12.3. The van der Waals surface area contributed by atoms with Crippen molar-refractivity contribution in [3.8, 4) is 0 Å². The summed E-state index contributed by atoms with van der Waals surface area (Å²) in [5, 5.41) is 48.2. The molecule has 150 valence electrons. The zero-order valence-corrected chi connectivity index (χ0v) is 15.6. The van der Waals surface area contributed by atoms with Gasteiger partial charge in [-0.3, -0.25) is 4.79 Å². The second-order valence-electron chi connectivity index (χ2n) is 7.34. The van der Waals surface area contributed by atoms with Crippen molar-refractivity contribution < 1.29 is 30.3 Å². The summed E-state index contributed by atoms with van der Waals surface area (Å²) in [5.74, 6) is -1.12. The average Bonchev–Trinajstić information content (AvgIpc) is 2.81. The molecule has 1 rings (SSSR count). The maximum Gasteiger partial charge on any atom is 0.303 e. The van der Waals surface area contributed by atoms with E-state index in [9.17, 15) is 25.2 Å². The molecule has 1 aliphatic rings. The summed E-state index contributed by atoms with van der Waals surface area (Å²) >= 11 is 0. The van der Waals surface area contributed by atoms with E-state index in [4.69, 9.17) is 5.11 Å². The van der Waals surface area contributed by atoms with Crippen LogP contribution in [0.1, 0.15) is 58.3 Å². The quantitative estimate of drug-likeness (QED) is 0.265. The Labute approximate surface area is 155 Å². The van der Waals surface area contributed by atoms with E-state index in [1.54, 1.807) is 19.1 Å². The Kier molecular flexibility index (Phi) is 10.7. The first-order valence-electron chi connectivity index (χ1n) is 9.58. The average molecular weight is 370 g/mol. The smallest absolute Gasteiger partial charge is 0.303 e. The number of carboxylic acid groups (broad SMARTS) is 1. The van der Waals surface area contributed by atoms with Crippen LogP contribution in [0.5, 0.6) is 0 Å². The molecule has 0 unspecified atom stereocenters. The van der Waals surface area contributed by atoms with Gasteiger partial charge in [-0.1, -0.05) is 24.3 Å². The van der Waals surface area contributed by atoms with Crippen molar-refractivity contribution >= 4 is 5.97 Å². The number of hydrogen-bond acceptors (Lipinski definition) is 5. The van der Waals surface area contributed by atoms with Crippen LogP contribution in [-0.2, 0) is 4.79 Å². The lowest BCUT2D eigenvalue weighted by Gasteiger charge is -2.19. The van der Waals surface area contributed by atoms with Gasteiger partial charge in [0.25, 0.3) is 0 Å². The molecule has 6 nitrogen and oxygen atoms in total. The van der Waals surface area contributed by atoms with Crippen molar-refractivity contribution in [2.75, 3.05) is 0 Å². The van der Waals surface area contributed by atoms with E-state index in [1.807, 2.05) is 12.2 Å². The normalized spacial score (nSPS) is 28.8. The van der Waals surface area contributed by atoms with E-state index in [0.717, 1.165) is 6.42 Å². The van der Waals surface area contributed by atoms with Gasteiger partial charge in [-0.05, 0) is 51.4 Å².